The fourth-order valence-corrected chi connectivity index (χ4v) is 5.31. The molecule has 0 fully saturated rings. The largest absolute Gasteiger partial charge is 0.302 e. The molecule has 1 aliphatic heterocycles. The van der Waals surface area contributed by atoms with E-state index in [-0.39, 0.29) is 17.2 Å². The molecule has 4 rings (SSSR count). The Morgan fingerprint density at radius 2 is 1.84 bits per heavy atom. The van der Waals surface area contributed by atoms with E-state index in [9.17, 15) is 4.79 Å². The van der Waals surface area contributed by atoms with Gasteiger partial charge >= 0.3 is 0 Å². The van der Waals surface area contributed by atoms with Gasteiger partial charge < -0.3 is 4.90 Å². The number of anilines is 1. The summed E-state index contributed by atoms with van der Waals surface area (Å²) < 4.78 is 1.05. The summed E-state index contributed by atoms with van der Waals surface area (Å²) in [6.45, 7) is 0. The number of halogens is 1. The summed E-state index contributed by atoms with van der Waals surface area (Å²) in [4.78, 5) is 17.3. The Kier molecular flexibility index (Phi) is 5.06. The van der Waals surface area contributed by atoms with E-state index in [1.54, 1.807) is 11.8 Å². The third-order valence-electron chi connectivity index (χ3n) is 4.19. The molecule has 2 atom stereocenters. The van der Waals surface area contributed by atoms with Crippen LogP contribution < -0.4 is 4.90 Å². The van der Waals surface area contributed by atoms with Gasteiger partial charge in [-0.2, -0.15) is 0 Å². The fourth-order valence-electron chi connectivity index (χ4n) is 3.03. The number of carbonyl (C=O) groups excluding carboxylic acids is 1. The predicted octanol–water partition coefficient (Wildman–Crippen LogP) is 5.54. The number of thioether (sulfide) groups is 2. The van der Waals surface area contributed by atoms with E-state index in [0.717, 1.165) is 15.1 Å². The molecule has 1 aliphatic carbocycles. The highest BCUT2D eigenvalue weighted by Gasteiger charge is 2.36. The van der Waals surface area contributed by atoms with Crippen LogP contribution in [0, 0.1) is 0 Å². The number of hydrogen-bond donors (Lipinski definition) is 0. The first-order chi connectivity index (χ1) is 12.2. The lowest BCUT2D eigenvalue weighted by Crippen LogP contribution is -2.48. The van der Waals surface area contributed by atoms with E-state index in [4.69, 9.17) is 0 Å². The lowest BCUT2D eigenvalue weighted by Gasteiger charge is -2.40. The molecule has 0 unspecified atom stereocenters. The summed E-state index contributed by atoms with van der Waals surface area (Å²) in [6.07, 6.45) is 8.43. The van der Waals surface area contributed by atoms with Crippen molar-refractivity contribution in [3.63, 3.8) is 0 Å². The topological polar surface area (TPSA) is 20.3 Å². The Hall–Kier alpha value is -1.43. The minimum Gasteiger partial charge on any atom is -0.302 e. The average molecular weight is 430 g/mol. The highest BCUT2D eigenvalue weighted by atomic mass is 79.9. The van der Waals surface area contributed by atoms with Crippen molar-refractivity contribution in [2.45, 2.75) is 21.1 Å². The van der Waals surface area contributed by atoms with Gasteiger partial charge in [0.2, 0.25) is 5.91 Å². The Morgan fingerprint density at radius 1 is 1.08 bits per heavy atom. The van der Waals surface area contributed by atoms with Crippen LogP contribution in [-0.4, -0.2) is 23.0 Å². The highest BCUT2D eigenvalue weighted by Crippen LogP contribution is 2.43. The number of nitrogens with zero attached hydrogens (tertiary/aromatic N) is 1. The van der Waals surface area contributed by atoms with Gasteiger partial charge in [0.05, 0.1) is 22.7 Å². The van der Waals surface area contributed by atoms with Gasteiger partial charge in [0.1, 0.15) is 0 Å². The number of fused-ring (bicyclic) bond motifs is 2. The van der Waals surface area contributed by atoms with E-state index < -0.39 is 0 Å². The molecule has 2 aromatic rings. The summed E-state index contributed by atoms with van der Waals surface area (Å²) in [5.41, 5.74) is 1.02. The molecule has 0 bridgehead atoms. The number of benzene rings is 2. The number of carbonyl (C=O) groups is 1. The van der Waals surface area contributed by atoms with E-state index in [1.807, 2.05) is 65.2 Å². The number of para-hydroxylation sites is 1. The van der Waals surface area contributed by atoms with Crippen molar-refractivity contribution in [2.24, 2.45) is 0 Å². The van der Waals surface area contributed by atoms with Gasteiger partial charge in [-0.15, -0.1) is 23.5 Å². The second-order valence-electron chi connectivity index (χ2n) is 5.82. The molecule has 126 valence electrons. The first kappa shape index (κ1) is 17.0. The molecular formula is C20H16BrNOS2. The normalized spacial score (nSPS) is 20.9. The average Bonchev–Trinajstić information content (AvgIpc) is 2.65. The zero-order valence-electron chi connectivity index (χ0n) is 13.3. The van der Waals surface area contributed by atoms with Crippen molar-refractivity contribution in [1.29, 1.82) is 0 Å². The molecule has 1 amide bonds. The predicted molar refractivity (Wildman–Crippen MR) is 111 cm³/mol. The minimum absolute atomic E-state index is 0.0860. The third kappa shape index (κ3) is 3.59. The first-order valence-electron chi connectivity index (χ1n) is 8.03. The van der Waals surface area contributed by atoms with Gasteiger partial charge in [-0.25, -0.2) is 0 Å². The van der Waals surface area contributed by atoms with Gasteiger partial charge in [0.15, 0.2) is 0 Å². The Bertz CT molecular complexity index is 847. The molecule has 25 heavy (non-hydrogen) atoms. The molecule has 0 radical (unpaired) electrons. The molecule has 0 spiro atoms. The minimum atomic E-state index is 0.0860. The van der Waals surface area contributed by atoms with E-state index in [2.05, 4.69) is 40.2 Å². The Balaban J connectivity index is 1.58. The van der Waals surface area contributed by atoms with Crippen LogP contribution in [-0.2, 0) is 4.79 Å². The van der Waals surface area contributed by atoms with Gasteiger partial charge in [0, 0.05) is 14.3 Å². The van der Waals surface area contributed by atoms with Crippen molar-refractivity contribution in [3.8, 4) is 0 Å². The fraction of sp³-hybridized carbons (Fsp3) is 0.150. The Labute approximate surface area is 164 Å². The van der Waals surface area contributed by atoms with Gasteiger partial charge in [-0.1, -0.05) is 52.4 Å². The monoisotopic (exact) mass is 429 g/mol. The molecule has 0 saturated heterocycles. The van der Waals surface area contributed by atoms with Crippen molar-refractivity contribution < 1.29 is 4.79 Å². The quantitative estimate of drug-likeness (QED) is 0.596. The second kappa shape index (κ2) is 7.44. The molecule has 2 aromatic carbocycles. The van der Waals surface area contributed by atoms with Crippen molar-refractivity contribution >= 4 is 51.0 Å². The van der Waals surface area contributed by atoms with Crippen LogP contribution in [0.25, 0.3) is 0 Å². The van der Waals surface area contributed by atoms with Crippen LogP contribution in [0.5, 0.6) is 0 Å². The maximum absolute atomic E-state index is 13.1. The SMILES string of the molecule is O=C(CSc1ccc(Br)cc1)N1c2ccccc2S[C@@H]2C=CC=C[C@H]21. The molecular weight excluding hydrogens is 414 g/mol. The lowest BCUT2D eigenvalue weighted by molar-refractivity contribution is -0.116. The van der Waals surface area contributed by atoms with E-state index >= 15 is 0 Å². The zero-order valence-corrected chi connectivity index (χ0v) is 16.6. The number of rotatable bonds is 3. The summed E-state index contributed by atoms with van der Waals surface area (Å²) in [7, 11) is 0. The first-order valence-corrected chi connectivity index (χ1v) is 10.7. The molecule has 5 heteroatoms. The Morgan fingerprint density at radius 3 is 2.68 bits per heavy atom. The molecule has 2 aliphatic rings. The van der Waals surface area contributed by atoms with Crippen molar-refractivity contribution in [1.82, 2.24) is 0 Å². The van der Waals surface area contributed by atoms with Crippen molar-refractivity contribution in [3.05, 3.63) is 77.3 Å². The van der Waals surface area contributed by atoms with Gasteiger partial charge in [-0.3, -0.25) is 4.79 Å². The van der Waals surface area contributed by atoms with Crippen LogP contribution in [0.15, 0.2) is 87.1 Å². The van der Waals surface area contributed by atoms with Crippen LogP contribution in [0.2, 0.25) is 0 Å². The van der Waals surface area contributed by atoms with Gasteiger partial charge in [0.25, 0.3) is 0 Å². The second-order valence-corrected chi connectivity index (χ2v) is 9.00. The number of amides is 1. The molecule has 1 heterocycles. The summed E-state index contributed by atoms with van der Waals surface area (Å²) in [5.74, 6) is 0.581. The summed E-state index contributed by atoms with van der Waals surface area (Å²) in [6, 6.07) is 16.4. The van der Waals surface area contributed by atoms with Crippen LogP contribution >= 0.6 is 39.5 Å². The maximum atomic E-state index is 13.1. The van der Waals surface area contributed by atoms with Gasteiger partial charge in [-0.05, 0) is 36.4 Å². The third-order valence-corrected chi connectivity index (χ3v) is 7.02. The summed E-state index contributed by atoms with van der Waals surface area (Å²) >= 11 is 6.86. The molecule has 0 N–H and O–H groups in total. The number of allylic oxidation sites excluding steroid dienone is 2. The van der Waals surface area contributed by atoms with Crippen LogP contribution in [0.1, 0.15) is 0 Å². The molecule has 2 nitrogen and oxygen atoms in total. The van der Waals surface area contributed by atoms with Crippen molar-refractivity contribution in [2.75, 3.05) is 10.7 Å². The molecule has 0 aromatic heterocycles. The van der Waals surface area contributed by atoms with Crippen LogP contribution in [0.4, 0.5) is 5.69 Å². The highest BCUT2D eigenvalue weighted by molar-refractivity contribution is 9.10. The summed E-state index contributed by atoms with van der Waals surface area (Å²) in [5, 5.41) is 0.279. The van der Waals surface area contributed by atoms with E-state index in [0.29, 0.717) is 5.75 Å². The standard InChI is InChI=1S/C20H16BrNOS2/c21-14-9-11-15(12-10-14)24-13-20(23)22-16-5-1-3-7-18(16)25-19-8-4-2-6-17(19)22/h1-12,16,18H,13H2/t16-,18-/m1/s1. The van der Waals surface area contributed by atoms with E-state index in [1.165, 1.54) is 4.90 Å². The maximum Gasteiger partial charge on any atom is 0.237 e. The smallest absolute Gasteiger partial charge is 0.237 e. The van der Waals surface area contributed by atoms with Crippen LogP contribution in [0.3, 0.4) is 0 Å². The molecule has 0 saturated carbocycles. The lowest BCUT2D eigenvalue weighted by atomic mass is 10.0. The number of hydrogen-bond acceptors (Lipinski definition) is 3. The zero-order chi connectivity index (χ0) is 17.2.